The van der Waals surface area contributed by atoms with E-state index in [-0.39, 0.29) is 6.61 Å². The minimum Gasteiger partial charge on any atom is -0.479 e. The summed E-state index contributed by atoms with van der Waals surface area (Å²) in [5.41, 5.74) is -2.83. The van der Waals surface area contributed by atoms with E-state index in [4.69, 9.17) is 20.1 Å². The maximum atomic E-state index is 11.7. The number of quaternary nitrogens is 1. The van der Waals surface area contributed by atoms with Gasteiger partial charge in [-0.2, -0.15) is 0 Å². The molecule has 28 heavy (non-hydrogen) atoms. The van der Waals surface area contributed by atoms with Crippen molar-refractivity contribution >= 4 is 23.9 Å². The second kappa shape index (κ2) is 11.5. The maximum Gasteiger partial charge on any atom is 0.344 e. The average molecular weight is 410 g/mol. The minimum absolute atomic E-state index is 0.0878. The first-order valence-corrected chi connectivity index (χ1v) is 8.31. The Labute approximate surface area is 161 Å². The molecule has 0 heterocycles. The van der Waals surface area contributed by atoms with Gasteiger partial charge in [0.1, 0.15) is 25.9 Å². The van der Waals surface area contributed by atoms with Crippen LogP contribution < -0.4 is 0 Å². The third-order valence-electron chi connectivity index (χ3n) is 3.30. The molecule has 162 valence electrons. The van der Waals surface area contributed by atoms with Crippen molar-refractivity contribution in [3.05, 3.63) is 0 Å². The number of rotatable bonds is 13. The van der Waals surface area contributed by atoms with E-state index in [1.165, 1.54) is 0 Å². The predicted molar refractivity (Wildman–Crippen MR) is 90.7 cm³/mol. The number of carbonyl (C=O) groups excluding carboxylic acids is 3. The second-order valence-corrected chi connectivity index (χ2v) is 7.10. The lowest BCUT2D eigenvalue weighted by atomic mass is 9.96. The highest BCUT2D eigenvalue weighted by molar-refractivity contribution is 5.89. The Balaban J connectivity index is 4.50. The van der Waals surface area contributed by atoms with Gasteiger partial charge >= 0.3 is 23.9 Å². The summed E-state index contributed by atoms with van der Waals surface area (Å²) in [6, 6.07) is 0. The lowest BCUT2D eigenvalue weighted by molar-refractivity contribution is -0.870. The van der Waals surface area contributed by atoms with Crippen molar-refractivity contribution in [1.82, 2.24) is 0 Å². The Bertz CT molecular complexity index is 557. The van der Waals surface area contributed by atoms with E-state index in [0.29, 0.717) is 11.0 Å². The zero-order chi connectivity index (χ0) is 22.0. The molecule has 12 heteroatoms. The minimum atomic E-state index is -2.83. The molecular weight excluding hydrogens is 382 g/mol. The lowest BCUT2D eigenvalue weighted by Gasteiger charge is -2.23. The Hall–Kier alpha value is -2.28. The summed E-state index contributed by atoms with van der Waals surface area (Å²) in [4.78, 5) is 46.0. The molecule has 0 saturated carbocycles. The molecule has 2 unspecified atom stereocenters. The highest BCUT2D eigenvalue weighted by Gasteiger charge is 2.42. The van der Waals surface area contributed by atoms with Crippen molar-refractivity contribution < 1.29 is 58.3 Å². The van der Waals surface area contributed by atoms with Crippen LogP contribution in [0.5, 0.6) is 0 Å². The van der Waals surface area contributed by atoms with Crippen LogP contribution in [0, 0.1) is 0 Å². The Morgan fingerprint density at radius 2 is 1.50 bits per heavy atom. The fourth-order valence-corrected chi connectivity index (χ4v) is 1.65. The summed E-state index contributed by atoms with van der Waals surface area (Å²) >= 11 is 0. The normalized spacial score (nSPS) is 14.5. The fourth-order valence-electron chi connectivity index (χ4n) is 1.65. The van der Waals surface area contributed by atoms with Crippen molar-refractivity contribution in [2.24, 2.45) is 0 Å². The summed E-state index contributed by atoms with van der Waals surface area (Å²) < 4.78 is 14.4. The molecule has 0 bridgehead atoms. The van der Waals surface area contributed by atoms with E-state index in [9.17, 15) is 24.3 Å². The van der Waals surface area contributed by atoms with Crippen LogP contribution >= 0.6 is 0 Å². The number of aliphatic carboxylic acids is 1. The molecule has 0 aromatic carbocycles. The molecule has 0 spiro atoms. The van der Waals surface area contributed by atoms with E-state index in [0.717, 1.165) is 0 Å². The maximum absolute atomic E-state index is 11.7. The SMILES string of the molecule is C[N+](C)(C)CCOC(=O)COC(=O)CC(O)(CC(=O)OCC(O)CO)C(=O)O. The van der Waals surface area contributed by atoms with Crippen LogP contribution in [0.4, 0.5) is 0 Å². The van der Waals surface area contributed by atoms with Crippen molar-refractivity contribution in [3.63, 3.8) is 0 Å². The molecule has 0 amide bonds. The molecule has 0 aromatic rings. The van der Waals surface area contributed by atoms with Gasteiger partial charge in [0.15, 0.2) is 12.2 Å². The summed E-state index contributed by atoms with van der Waals surface area (Å²) in [7, 11) is 5.66. The number of hydrogen-bond acceptors (Lipinski definition) is 10. The van der Waals surface area contributed by atoms with E-state index < -0.39 is 68.2 Å². The lowest BCUT2D eigenvalue weighted by Crippen LogP contribution is -2.44. The van der Waals surface area contributed by atoms with Crippen LogP contribution in [0.3, 0.4) is 0 Å². The molecule has 0 aromatic heterocycles. The molecule has 4 N–H and O–H groups in total. The number of nitrogens with zero attached hydrogens (tertiary/aromatic N) is 1. The van der Waals surface area contributed by atoms with Gasteiger partial charge in [0.2, 0.25) is 0 Å². The average Bonchev–Trinajstić information content (AvgIpc) is 2.56. The molecule has 0 saturated heterocycles. The van der Waals surface area contributed by atoms with Crippen LogP contribution in [0.2, 0.25) is 0 Å². The Kier molecular flexibility index (Phi) is 10.6. The first kappa shape index (κ1) is 25.7. The number of hydrogen-bond donors (Lipinski definition) is 4. The number of carboxylic acid groups (broad SMARTS) is 1. The summed E-state index contributed by atoms with van der Waals surface area (Å²) in [6.07, 6.45) is -3.59. The highest BCUT2D eigenvalue weighted by Crippen LogP contribution is 2.18. The van der Waals surface area contributed by atoms with Crippen molar-refractivity contribution in [2.45, 2.75) is 24.5 Å². The topological polar surface area (TPSA) is 177 Å². The number of aliphatic hydroxyl groups excluding tert-OH is 2. The van der Waals surface area contributed by atoms with Crippen molar-refractivity contribution in [2.75, 3.05) is 54.1 Å². The molecule has 0 aliphatic carbocycles. The quantitative estimate of drug-likeness (QED) is 0.141. The molecule has 12 nitrogen and oxygen atoms in total. The number of carboxylic acids is 1. The second-order valence-electron chi connectivity index (χ2n) is 7.10. The largest absolute Gasteiger partial charge is 0.479 e. The van der Waals surface area contributed by atoms with Crippen LogP contribution in [-0.2, 0) is 33.4 Å². The summed E-state index contributed by atoms with van der Waals surface area (Å²) in [6.45, 7) is -1.48. The van der Waals surface area contributed by atoms with Gasteiger partial charge in [0.05, 0.1) is 40.6 Å². The van der Waals surface area contributed by atoms with Crippen LogP contribution in [0.1, 0.15) is 12.8 Å². The van der Waals surface area contributed by atoms with Crippen LogP contribution in [-0.4, -0.2) is 115 Å². The molecule has 0 fully saturated rings. The number of ether oxygens (including phenoxy) is 3. The van der Waals surface area contributed by atoms with Gasteiger partial charge in [-0.3, -0.25) is 9.59 Å². The van der Waals surface area contributed by atoms with Gasteiger partial charge in [0.25, 0.3) is 0 Å². The Morgan fingerprint density at radius 1 is 0.964 bits per heavy atom. The smallest absolute Gasteiger partial charge is 0.344 e. The fraction of sp³-hybridized carbons (Fsp3) is 0.750. The number of esters is 3. The molecule has 0 rings (SSSR count). The zero-order valence-corrected chi connectivity index (χ0v) is 16.1. The number of carbonyl (C=O) groups is 4. The summed E-state index contributed by atoms with van der Waals surface area (Å²) in [5.74, 6) is -5.19. The zero-order valence-electron chi connectivity index (χ0n) is 16.1. The van der Waals surface area contributed by atoms with Gasteiger partial charge in [-0.1, -0.05) is 0 Å². The van der Waals surface area contributed by atoms with Crippen LogP contribution in [0.25, 0.3) is 0 Å². The molecule has 0 aliphatic heterocycles. The molecule has 0 radical (unpaired) electrons. The van der Waals surface area contributed by atoms with Gasteiger partial charge in [-0.05, 0) is 0 Å². The van der Waals surface area contributed by atoms with Crippen molar-refractivity contribution in [1.29, 1.82) is 0 Å². The third kappa shape index (κ3) is 11.4. The first-order chi connectivity index (χ1) is 12.8. The standard InChI is InChI=1S/C16H27NO11/c1-17(2,3)4-5-26-14(22)10-28-13(21)7-16(25,15(23)24)6-12(20)27-9-11(19)8-18/h11,18-19,25H,4-10H2,1-3H3/p+1. The van der Waals surface area contributed by atoms with Crippen molar-refractivity contribution in [3.8, 4) is 0 Å². The first-order valence-electron chi connectivity index (χ1n) is 8.31. The molecular formula is C16H28NO11+. The molecule has 0 aliphatic rings. The third-order valence-corrected chi connectivity index (χ3v) is 3.30. The van der Waals surface area contributed by atoms with E-state index in [2.05, 4.69) is 9.47 Å². The predicted octanol–water partition coefficient (Wildman–Crippen LogP) is -2.73. The Morgan fingerprint density at radius 3 is 1.96 bits per heavy atom. The molecule has 2 atom stereocenters. The van der Waals surface area contributed by atoms with E-state index in [1.54, 1.807) is 0 Å². The van der Waals surface area contributed by atoms with Gasteiger partial charge < -0.3 is 39.1 Å². The van der Waals surface area contributed by atoms with Gasteiger partial charge in [-0.15, -0.1) is 0 Å². The highest BCUT2D eigenvalue weighted by atomic mass is 16.6. The van der Waals surface area contributed by atoms with Gasteiger partial charge in [-0.25, -0.2) is 9.59 Å². The van der Waals surface area contributed by atoms with E-state index >= 15 is 0 Å². The summed E-state index contributed by atoms with van der Waals surface area (Å²) in [5, 5.41) is 36.8. The monoisotopic (exact) mass is 410 g/mol. The van der Waals surface area contributed by atoms with E-state index in [1.807, 2.05) is 21.1 Å². The number of likely N-dealkylation sites (N-methyl/N-ethyl adjacent to an activating group) is 1. The number of aliphatic hydroxyl groups is 3. The van der Waals surface area contributed by atoms with Crippen LogP contribution in [0.15, 0.2) is 0 Å². The van der Waals surface area contributed by atoms with Gasteiger partial charge in [0, 0.05) is 0 Å².